The van der Waals surface area contributed by atoms with E-state index in [1.807, 2.05) is 0 Å². The van der Waals surface area contributed by atoms with Gasteiger partial charge in [0, 0.05) is 15.7 Å². The number of hydrogen-bond donors (Lipinski definition) is 1. The van der Waals surface area contributed by atoms with Crippen molar-refractivity contribution in [3.8, 4) is 0 Å². The molecule has 0 saturated carbocycles. The molecule has 2 heteroatoms. The maximum atomic E-state index is 3.60. The topological polar surface area (TPSA) is 12.0 Å². The highest BCUT2D eigenvalue weighted by atomic mass is 79.9. The van der Waals surface area contributed by atoms with Crippen LogP contribution in [0.1, 0.15) is 26.3 Å². The third-order valence-electron chi connectivity index (χ3n) is 3.29. The van der Waals surface area contributed by atoms with Gasteiger partial charge in [-0.2, -0.15) is 0 Å². The monoisotopic (exact) mass is 253 g/mol. The fourth-order valence-electron chi connectivity index (χ4n) is 1.90. The summed E-state index contributed by atoms with van der Waals surface area (Å²) in [4.78, 5) is 0. The second-order valence-electron chi connectivity index (χ2n) is 4.75. The summed E-state index contributed by atoms with van der Waals surface area (Å²) in [5, 5.41) is 3.60. The molecular weight excluding hydrogens is 238 g/mol. The van der Waals surface area contributed by atoms with Crippen molar-refractivity contribution in [3.05, 3.63) is 28.2 Å². The molecule has 1 aliphatic heterocycles. The number of rotatable bonds is 0. The molecule has 0 saturated heterocycles. The van der Waals surface area contributed by atoms with Crippen LogP contribution in [0.25, 0.3) is 0 Å². The highest BCUT2D eigenvalue weighted by molar-refractivity contribution is 9.10. The second kappa shape index (κ2) is 3.27. The lowest BCUT2D eigenvalue weighted by Crippen LogP contribution is -2.42. The minimum atomic E-state index is 0.202. The molecule has 0 spiro atoms. The first-order valence-electron chi connectivity index (χ1n) is 5.05. The van der Waals surface area contributed by atoms with Crippen LogP contribution >= 0.6 is 15.9 Å². The Labute approximate surface area is 94.0 Å². The van der Waals surface area contributed by atoms with Crippen LogP contribution in [-0.4, -0.2) is 5.54 Å². The minimum Gasteiger partial charge on any atom is -0.380 e. The van der Waals surface area contributed by atoms with Crippen molar-refractivity contribution in [3.63, 3.8) is 0 Å². The number of halogens is 1. The molecule has 1 aromatic rings. The summed E-state index contributed by atoms with van der Waals surface area (Å²) >= 11 is 3.50. The number of hydrogen-bond acceptors (Lipinski definition) is 1. The molecule has 1 atom stereocenters. The van der Waals surface area contributed by atoms with E-state index in [1.54, 1.807) is 0 Å². The summed E-state index contributed by atoms with van der Waals surface area (Å²) in [6.07, 6.45) is 1.17. The molecule has 0 bridgehead atoms. The Morgan fingerprint density at radius 1 is 1.43 bits per heavy atom. The Morgan fingerprint density at radius 2 is 2.14 bits per heavy atom. The van der Waals surface area contributed by atoms with Gasteiger partial charge < -0.3 is 5.32 Å². The van der Waals surface area contributed by atoms with E-state index >= 15 is 0 Å². The molecule has 1 aromatic carbocycles. The summed E-state index contributed by atoms with van der Waals surface area (Å²) in [7, 11) is 0. The molecule has 76 valence electrons. The van der Waals surface area contributed by atoms with Gasteiger partial charge in [-0.3, -0.25) is 0 Å². The van der Waals surface area contributed by atoms with Crippen molar-refractivity contribution in [2.75, 3.05) is 5.32 Å². The third kappa shape index (κ3) is 1.68. The zero-order valence-electron chi connectivity index (χ0n) is 8.89. The van der Waals surface area contributed by atoms with Crippen LogP contribution in [0, 0.1) is 5.92 Å². The summed E-state index contributed by atoms with van der Waals surface area (Å²) < 4.78 is 1.15. The Balaban J connectivity index is 2.41. The zero-order chi connectivity index (χ0) is 10.3. The summed E-state index contributed by atoms with van der Waals surface area (Å²) in [5.74, 6) is 0.677. The van der Waals surface area contributed by atoms with E-state index in [9.17, 15) is 0 Å². The molecule has 0 radical (unpaired) electrons. The van der Waals surface area contributed by atoms with Gasteiger partial charge in [-0.05, 0) is 43.9 Å². The summed E-state index contributed by atoms with van der Waals surface area (Å²) in [6, 6.07) is 6.49. The average Bonchev–Trinajstić information content (AvgIpc) is 2.07. The molecular formula is C12H16BrN. The first kappa shape index (κ1) is 10.0. The normalized spacial score (nSPS) is 23.9. The van der Waals surface area contributed by atoms with E-state index in [-0.39, 0.29) is 5.54 Å². The van der Waals surface area contributed by atoms with E-state index in [1.165, 1.54) is 17.7 Å². The predicted molar refractivity (Wildman–Crippen MR) is 64.7 cm³/mol. The van der Waals surface area contributed by atoms with Gasteiger partial charge in [0.2, 0.25) is 0 Å². The van der Waals surface area contributed by atoms with Crippen LogP contribution in [0.2, 0.25) is 0 Å². The maximum Gasteiger partial charge on any atom is 0.0388 e. The lowest BCUT2D eigenvalue weighted by atomic mass is 9.80. The van der Waals surface area contributed by atoms with Gasteiger partial charge in [-0.25, -0.2) is 0 Å². The molecule has 0 aliphatic carbocycles. The first-order chi connectivity index (χ1) is 6.49. The maximum absolute atomic E-state index is 3.60. The molecule has 0 aromatic heterocycles. The largest absolute Gasteiger partial charge is 0.380 e. The van der Waals surface area contributed by atoms with Crippen LogP contribution in [0.5, 0.6) is 0 Å². The Bertz CT molecular complexity index is 357. The standard InChI is InChI=1S/C12H16BrN/c1-8-6-9-4-5-10(13)7-11(9)14-12(8,2)3/h4-5,7-8,14H,6H2,1-3H3. The van der Waals surface area contributed by atoms with E-state index in [2.05, 4.69) is 60.2 Å². The Hall–Kier alpha value is -0.500. The molecule has 1 heterocycles. The quantitative estimate of drug-likeness (QED) is 0.741. The Kier molecular flexibility index (Phi) is 2.34. The zero-order valence-corrected chi connectivity index (χ0v) is 10.5. The molecule has 1 unspecified atom stereocenters. The number of benzene rings is 1. The Morgan fingerprint density at radius 3 is 2.86 bits per heavy atom. The highest BCUT2D eigenvalue weighted by Gasteiger charge is 2.30. The van der Waals surface area contributed by atoms with Gasteiger partial charge >= 0.3 is 0 Å². The van der Waals surface area contributed by atoms with Gasteiger partial charge in [0.25, 0.3) is 0 Å². The van der Waals surface area contributed by atoms with Gasteiger partial charge in [0.05, 0.1) is 0 Å². The molecule has 1 nitrogen and oxygen atoms in total. The SMILES string of the molecule is CC1Cc2ccc(Br)cc2NC1(C)C. The molecule has 1 N–H and O–H groups in total. The lowest BCUT2D eigenvalue weighted by molar-refractivity contribution is 0.362. The fraction of sp³-hybridized carbons (Fsp3) is 0.500. The van der Waals surface area contributed by atoms with Crippen LogP contribution in [-0.2, 0) is 6.42 Å². The number of fused-ring (bicyclic) bond motifs is 1. The van der Waals surface area contributed by atoms with Crippen molar-refractivity contribution in [1.82, 2.24) is 0 Å². The molecule has 1 aliphatic rings. The minimum absolute atomic E-state index is 0.202. The van der Waals surface area contributed by atoms with Crippen LogP contribution in [0.3, 0.4) is 0 Å². The van der Waals surface area contributed by atoms with Crippen molar-refractivity contribution in [1.29, 1.82) is 0 Å². The third-order valence-corrected chi connectivity index (χ3v) is 3.78. The fourth-order valence-corrected chi connectivity index (χ4v) is 2.26. The second-order valence-corrected chi connectivity index (χ2v) is 5.67. The van der Waals surface area contributed by atoms with Crippen molar-refractivity contribution >= 4 is 21.6 Å². The van der Waals surface area contributed by atoms with Crippen LogP contribution < -0.4 is 5.32 Å². The first-order valence-corrected chi connectivity index (χ1v) is 5.85. The predicted octanol–water partition coefficient (Wildman–Crippen LogP) is 3.83. The molecule has 0 fully saturated rings. The summed E-state index contributed by atoms with van der Waals surface area (Å²) in [5.41, 5.74) is 2.91. The van der Waals surface area contributed by atoms with Crippen molar-refractivity contribution in [2.24, 2.45) is 5.92 Å². The van der Waals surface area contributed by atoms with Gasteiger partial charge in [-0.1, -0.05) is 28.9 Å². The molecule has 14 heavy (non-hydrogen) atoms. The smallest absolute Gasteiger partial charge is 0.0388 e. The van der Waals surface area contributed by atoms with E-state index in [4.69, 9.17) is 0 Å². The van der Waals surface area contributed by atoms with E-state index in [0.717, 1.165) is 4.47 Å². The van der Waals surface area contributed by atoms with Crippen molar-refractivity contribution < 1.29 is 0 Å². The van der Waals surface area contributed by atoms with E-state index < -0.39 is 0 Å². The highest BCUT2D eigenvalue weighted by Crippen LogP contribution is 2.35. The lowest BCUT2D eigenvalue weighted by Gasteiger charge is -2.39. The van der Waals surface area contributed by atoms with Gasteiger partial charge in [-0.15, -0.1) is 0 Å². The number of nitrogens with one attached hydrogen (secondary N) is 1. The van der Waals surface area contributed by atoms with E-state index in [0.29, 0.717) is 5.92 Å². The van der Waals surface area contributed by atoms with Crippen LogP contribution in [0.4, 0.5) is 5.69 Å². The summed E-state index contributed by atoms with van der Waals surface area (Å²) in [6.45, 7) is 6.83. The van der Waals surface area contributed by atoms with Gasteiger partial charge in [0.15, 0.2) is 0 Å². The van der Waals surface area contributed by atoms with Crippen molar-refractivity contribution in [2.45, 2.75) is 32.7 Å². The van der Waals surface area contributed by atoms with Crippen LogP contribution in [0.15, 0.2) is 22.7 Å². The molecule has 2 rings (SSSR count). The number of anilines is 1. The molecule has 0 amide bonds. The average molecular weight is 254 g/mol. The van der Waals surface area contributed by atoms with Gasteiger partial charge in [0.1, 0.15) is 0 Å².